The minimum atomic E-state index is -4.53. The number of hydrogen-bond acceptors (Lipinski definition) is 6. The normalized spacial score (nSPS) is 12.8. The zero-order chi connectivity index (χ0) is 23.5. The Kier molecular flexibility index (Phi) is 6.85. The molecular weight excluding hydrogens is 423 g/mol. The lowest BCUT2D eigenvalue weighted by Crippen LogP contribution is -2.41. The number of hydrogen-bond donors (Lipinski definition) is 0. The number of aromatic nitrogens is 6. The number of amides is 1. The lowest BCUT2D eigenvalue weighted by atomic mass is 9.96. The highest BCUT2D eigenvalue weighted by atomic mass is 19.4. The number of aryl methyl sites for hydroxylation is 2. The van der Waals surface area contributed by atoms with E-state index in [1.807, 2.05) is 13.8 Å². The van der Waals surface area contributed by atoms with Crippen LogP contribution >= 0.6 is 0 Å². The molecule has 0 spiro atoms. The van der Waals surface area contributed by atoms with Crippen LogP contribution < -0.4 is 0 Å². The molecule has 0 aliphatic carbocycles. The van der Waals surface area contributed by atoms with E-state index in [2.05, 4.69) is 25.1 Å². The fourth-order valence-electron chi connectivity index (χ4n) is 3.43. The number of alkyl halides is 3. The predicted molar refractivity (Wildman–Crippen MR) is 110 cm³/mol. The van der Waals surface area contributed by atoms with Crippen LogP contribution in [-0.2, 0) is 12.6 Å². The van der Waals surface area contributed by atoms with Crippen LogP contribution in [0.1, 0.15) is 47.8 Å². The molecule has 32 heavy (non-hydrogen) atoms. The van der Waals surface area contributed by atoms with Crippen LogP contribution in [0.4, 0.5) is 13.2 Å². The summed E-state index contributed by atoms with van der Waals surface area (Å²) in [6, 6.07) is 3.32. The van der Waals surface area contributed by atoms with Gasteiger partial charge in [-0.15, -0.1) is 4.80 Å². The van der Waals surface area contributed by atoms with E-state index < -0.39 is 11.9 Å². The molecule has 11 heteroatoms. The van der Waals surface area contributed by atoms with Crippen LogP contribution in [0.3, 0.4) is 0 Å². The highest BCUT2D eigenvalue weighted by Gasteiger charge is 2.33. The van der Waals surface area contributed by atoms with Crippen LogP contribution in [0.2, 0.25) is 0 Å². The van der Waals surface area contributed by atoms with E-state index in [4.69, 9.17) is 0 Å². The molecular formula is C21H24F3N7O. The van der Waals surface area contributed by atoms with Gasteiger partial charge in [0.2, 0.25) is 0 Å². The summed E-state index contributed by atoms with van der Waals surface area (Å²) in [5.74, 6) is -0.208. The monoisotopic (exact) mass is 447 g/mol. The molecule has 0 saturated heterocycles. The maximum absolute atomic E-state index is 13.4. The minimum absolute atomic E-state index is 0.0856. The van der Waals surface area contributed by atoms with Gasteiger partial charge in [0.1, 0.15) is 5.69 Å². The third kappa shape index (κ3) is 5.27. The van der Waals surface area contributed by atoms with Gasteiger partial charge in [-0.1, -0.05) is 13.8 Å². The molecule has 0 aromatic carbocycles. The molecule has 0 N–H and O–H groups in total. The SMILES string of the molecule is Cc1ccc(-n2nccn2)c(C(=O)N(C)[C@H](CCc2cnc(C(F)(F)F)cn2)C(C)C)n1. The van der Waals surface area contributed by atoms with Gasteiger partial charge in [-0.05, 0) is 37.8 Å². The Labute approximate surface area is 183 Å². The summed E-state index contributed by atoms with van der Waals surface area (Å²) in [5, 5.41) is 8.20. The Morgan fingerprint density at radius 2 is 1.81 bits per heavy atom. The largest absolute Gasteiger partial charge is 0.434 e. The first kappa shape index (κ1) is 23.3. The van der Waals surface area contributed by atoms with Gasteiger partial charge in [-0.3, -0.25) is 9.78 Å². The Morgan fingerprint density at radius 1 is 1.12 bits per heavy atom. The average Bonchev–Trinajstić information content (AvgIpc) is 3.27. The van der Waals surface area contributed by atoms with E-state index >= 15 is 0 Å². The smallest absolute Gasteiger partial charge is 0.337 e. The second kappa shape index (κ2) is 9.41. The van der Waals surface area contributed by atoms with Gasteiger partial charge in [0, 0.05) is 25.0 Å². The molecule has 3 rings (SSSR count). The molecule has 0 saturated carbocycles. The number of pyridine rings is 1. The Bertz CT molecular complexity index is 1050. The first-order chi connectivity index (χ1) is 15.1. The summed E-state index contributed by atoms with van der Waals surface area (Å²) >= 11 is 0. The molecule has 1 amide bonds. The van der Waals surface area contributed by atoms with Gasteiger partial charge >= 0.3 is 6.18 Å². The van der Waals surface area contributed by atoms with Crippen molar-refractivity contribution in [2.24, 2.45) is 5.92 Å². The number of carbonyl (C=O) groups is 1. The van der Waals surface area contributed by atoms with Gasteiger partial charge < -0.3 is 4.90 Å². The quantitative estimate of drug-likeness (QED) is 0.551. The molecule has 170 valence electrons. The van der Waals surface area contributed by atoms with E-state index in [1.54, 1.807) is 31.0 Å². The van der Waals surface area contributed by atoms with Gasteiger partial charge in [-0.2, -0.15) is 23.4 Å². The summed E-state index contributed by atoms with van der Waals surface area (Å²) in [5.41, 5.74) is 0.773. The van der Waals surface area contributed by atoms with E-state index in [1.165, 1.54) is 17.2 Å². The maximum Gasteiger partial charge on any atom is 0.434 e. The highest BCUT2D eigenvalue weighted by molar-refractivity contribution is 5.95. The summed E-state index contributed by atoms with van der Waals surface area (Å²) in [7, 11) is 1.69. The number of carbonyl (C=O) groups excluding carboxylic acids is 1. The van der Waals surface area contributed by atoms with Gasteiger partial charge in [0.15, 0.2) is 11.4 Å². The molecule has 8 nitrogen and oxygen atoms in total. The minimum Gasteiger partial charge on any atom is -0.337 e. The van der Waals surface area contributed by atoms with E-state index in [0.717, 1.165) is 12.4 Å². The van der Waals surface area contributed by atoms with Crippen LogP contribution in [0.25, 0.3) is 5.69 Å². The van der Waals surface area contributed by atoms with Crippen molar-refractivity contribution in [3.8, 4) is 5.69 Å². The maximum atomic E-state index is 13.4. The molecule has 3 aromatic heterocycles. The van der Waals surface area contributed by atoms with E-state index in [0.29, 0.717) is 29.9 Å². The zero-order valence-corrected chi connectivity index (χ0v) is 18.2. The summed E-state index contributed by atoms with van der Waals surface area (Å²) in [6.07, 6.45) is 1.24. The van der Waals surface area contributed by atoms with Crippen molar-refractivity contribution < 1.29 is 18.0 Å². The zero-order valence-electron chi connectivity index (χ0n) is 18.2. The fourth-order valence-corrected chi connectivity index (χ4v) is 3.43. The third-order valence-corrected chi connectivity index (χ3v) is 5.13. The van der Waals surface area contributed by atoms with E-state index in [-0.39, 0.29) is 23.6 Å². The first-order valence-corrected chi connectivity index (χ1v) is 10.1. The summed E-state index contributed by atoms with van der Waals surface area (Å²) < 4.78 is 38.1. The van der Waals surface area contributed by atoms with E-state index in [9.17, 15) is 18.0 Å². The Morgan fingerprint density at radius 3 is 2.38 bits per heavy atom. The lowest BCUT2D eigenvalue weighted by molar-refractivity contribution is -0.141. The standard InChI is InChI=1S/C21H24F3N7O/c1-13(2)16(8-6-15-11-26-18(12-25-15)21(22,23)24)30(4)20(32)19-17(7-5-14(3)29-19)31-27-9-10-28-31/h5,7,9-13,16H,6,8H2,1-4H3/t16-/m1/s1. The van der Waals surface area contributed by atoms with Crippen molar-refractivity contribution >= 4 is 5.91 Å². The molecule has 0 aliphatic heterocycles. The molecule has 3 heterocycles. The lowest BCUT2D eigenvalue weighted by Gasteiger charge is -2.31. The van der Waals surface area contributed by atoms with Crippen molar-refractivity contribution in [2.45, 2.75) is 45.8 Å². The molecule has 0 unspecified atom stereocenters. The van der Waals surface area contributed by atoms with Gasteiger partial charge in [-0.25, -0.2) is 9.97 Å². The highest BCUT2D eigenvalue weighted by Crippen LogP contribution is 2.27. The van der Waals surface area contributed by atoms with Crippen LogP contribution in [0.15, 0.2) is 36.9 Å². The number of rotatable bonds is 7. The summed E-state index contributed by atoms with van der Waals surface area (Å²) in [4.78, 5) is 28.1. The van der Waals surface area contributed by atoms with Crippen molar-refractivity contribution in [1.29, 1.82) is 0 Å². The fraction of sp³-hybridized carbons (Fsp3) is 0.429. The molecule has 0 bridgehead atoms. The van der Waals surface area contributed by atoms with Crippen molar-refractivity contribution in [3.63, 3.8) is 0 Å². The number of halogens is 3. The molecule has 0 aliphatic rings. The molecule has 1 atom stereocenters. The van der Waals surface area contributed by atoms with Crippen LogP contribution in [-0.4, -0.2) is 53.8 Å². The number of nitrogens with zero attached hydrogens (tertiary/aromatic N) is 7. The second-order valence-electron chi connectivity index (χ2n) is 7.80. The van der Waals surface area contributed by atoms with Crippen molar-refractivity contribution in [2.75, 3.05) is 7.05 Å². The second-order valence-corrected chi connectivity index (χ2v) is 7.80. The van der Waals surface area contributed by atoms with Crippen LogP contribution in [0.5, 0.6) is 0 Å². The summed E-state index contributed by atoms with van der Waals surface area (Å²) in [6.45, 7) is 5.75. The first-order valence-electron chi connectivity index (χ1n) is 10.1. The molecule has 0 radical (unpaired) electrons. The predicted octanol–water partition coefficient (Wildman–Crippen LogP) is 3.51. The van der Waals surface area contributed by atoms with Gasteiger partial charge in [0.25, 0.3) is 5.91 Å². The average molecular weight is 447 g/mol. The molecule has 3 aromatic rings. The topological polar surface area (TPSA) is 89.7 Å². The van der Waals surface area contributed by atoms with Crippen LogP contribution in [0, 0.1) is 12.8 Å². The molecule has 0 fully saturated rings. The van der Waals surface area contributed by atoms with Gasteiger partial charge in [0.05, 0.1) is 24.3 Å². The van der Waals surface area contributed by atoms with Crippen molar-refractivity contribution in [3.05, 3.63) is 59.7 Å². The Hall–Kier alpha value is -3.37. The third-order valence-electron chi connectivity index (χ3n) is 5.13. The van der Waals surface area contributed by atoms with Crippen molar-refractivity contribution in [1.82, 2.24) is 34.8 Å². The Balaban J connectivity index is 1.79.